The standard InChI is InChI=1S/C17H22N4O2S2.2ClH/c1-11-5-12(8-18)9-21(11)16(23)6-13-10-25-17(19-13)20-15(22)7-14-3-2-4-24-14;;/h2-4,10-12H,5-9,18H2,1H3,(H,19,20,22);2*1H. The van der Waals surface area contributed by atoms with Gasteiger partial charge in [0.2, 0.25) is 11.8 Å². The molecule has 2 aromatic rings. The Labute approximate surface area is 179 Å². The number of rotatable bonds is 6. The summed E-state index contributed by atoms with van der Waals surface area (Å²) in [6.07, 6.45) is 1.57. The normalized spacial score (nSPS) is 18.5. The Balaban J connectivity index is 0.00000182. The van der Waals surface area contributed by atoms with E-state index in [0.717, 1.165) is 17.8 Å². The maximum Gasteiger partial charge on any atom is 0.231 e. The van der Waals surface area contributed by atoms with Crippen molar-refractivity contribution in [1.82, 2.24) is 9.88 Å². The van der Waals surface area contributed by atoms with E-state index in [1.165, 1.54) is 11.3 Å². The number of amides is 2. The summed E-state index contributed by atoms with van der Waals surface area (Å²) in [6.45, 7) is 3.40. The van der Waals surface area contributed by atoms with E-state index in [1.807, 2.05) is 27.8 Å². The maximum absolute atomic E-state index is 12.5. The van der Waals surface area contributed by atoms with Gasteiger partial charge in [0.25, 0.3) is 0 Å². The third-order valence-electron chi connectivity index (χ3n) is 4.36. The maximum atomic E-state index is 12.5. The molecule has 0 radical (unpaired) electrons. The molecule has 0 bridgehead atoms. The van der Waals surface area contributed by atoms with E-state index in [4.69, 9.17) is 5.73 Å². The number of thiazole rings is 1. The number of hydrogen-bond donors (Lipinski definition) is 2. The highest BCUT2D eigenvalue weighted by Crippen LogP contribution is 2.24. The summed E-state index contributed by atoms with van der Waals surface area (Å²) in [5.74, 6) is 0.375. The number of aromatic nitrogens is 1. The number of hydrogen-bond acceptors (Lipinski definition) is 6. The van der Waals surface area contributed by atoms with Gasteiger partial charge < -0.3 is 16.0 Å². The third kappa shape index (κ3) is 6.43. The lowest BCUT2D eigenvalue weighted by Crippen LogP contribution is -2.35. The van der Waals surface area contributed by atoms with Crippen LogP contribution in [-0.4, -0.2) is 40.8 Å². The van der Waals surface area contributed by atoms with E-state index in [1.54, 1.807) is 11.3 Å². The molecule has 0 saturated carbocycles. The third-order valence-corrected chi connectivity index (χ3v) is 6.04. The summed E-state index contributed by atoms with van der Waals surface area (Å²) in [7, 11) is 0. The molecule has 1 aliphatic heterocycles. The molecule has 2 unspecified atom stereocenters. The fraction of sp³-hybridized carbons (Fsp3) is 0.471. The van der Waals surface area contributed by atoms with Crippen molar-refractivity contribution >= 4 is 64.4 Å². The van der Waals surface area contributed by atoms with Crippen molar-refractivity contribution < 1.29 is 9.59 Å². The quantitative estimate of drug-likeness (QED) is 0.707. The van der Waals surface area contributed by atoms with Crippen molar-refractivity contribution in [1.29, 1.82) is 0 Å². The van der Waals surface area contributed by atoms with E-state index < -0.39 is 0 Å². The summed E-state index contributed by atoms with van der Waals surface area (Å²) >= 11 is 2.91. The molecule has 150 valence electrons. The van der Waals surface area contributed by atoms with Crippen LogP contribution in [0.15, 0.2) is 22.9 Å². The molecule has 1 fully saturated rings. The SMILES string of the molecule is CC1CC(CN)CN1C(=O)Cc1csc(NC(=O)Cc2cccs2)n1.Cl.Cl. The summed E-state index contributed by atoms with van der Waals surface area (Å²) in [5.41, 5.74) is 6.42. The van der Waals surface area contributed by atoms with Gasteiger partial charge >= 0.3 is 0 Å². The molecule has 27 heavy (non-hydrogen) atoms. The molecule has 3 heterocycles. The Morgan fingerprint density at radius 1 is 1.33 bits per heavy atom. The number of thiophene rings is 1. The molecule has 0 aromatic carbocycles. The summed E-state index contributed by atoms with van der Waals surface area (Å²) < 4.78 is 0. The molecule has 0 spiro atoms. The molecular weight excluding hydrogens is 427 g/mol. The molecule has 3 rings (SSSR count). The summed E-state index contributed by atoms with van der Waals surface area (Å²) in [6, 6.07) is 4.08. The molecule has 2 amide bonds. The van der Waals surface area contributed by atoms with Crippen molar-refractivity contribution in [3.8, 4) is 0 Å². The zero-order valence-electron chi connectivity index (χ0n) is 14.9. The monoisotopic (exact) mass is 450 g/mol. The van der Waals surface area contributed by atoms with Crippen LogP contribution >= 0.6 is 47.5 Å². The lowest BCUT2D eigenvalue weighted by atomic mass is 10.1. The van der Waals surface area contributed by atoms with Crippen molar-refractivity contribution in [3.63, 3.8) is 0 Å². The minimum atomic E-state index is -0.0892. The molecule has 6 nitrogen and oxygen atoms in total. The van der Waals surface area contributed by atoms with Crippen LogP contribution in [0, 0.1) is 5.92 Å². The van der Waals surface area contributed by atoms with Crippen LogP contribution in [0.4, 0.5) is 5.13 Å². The van der Waals surface area contributed by atoms with E-state index in [9.17, 15) is 9.59 Å². The van der Waals surface area contributed by atoms with Gasteiger partial charge in [0, 0.05) is 22.8 Å². The van der Waals surface area contributed by atoms with Crippen LogP contribution in [0.1, 0.15) is 23.9 Å². The van der Waals surface area contributed by atoms with Gasteiger partial charge in [-0.3, -0.25) is 9.59 Å². The Kier molecular flexibility index (Phi) is 9.69. The van der Waals surface area contributed by atoms with Crippen molar-refractivity contribution in [3.05, 3.63) is 33.5 Å². The predicted octanol–water partition coefficient (Wildman–Crippen LogP) is 2.97. The number of nitrogens with zero attached hydrogens (tertiary/aromatic N) is 2. The highest BCUT2D eigenvalue weighted by molar-refractivity contribution is 7.14. The Morgan fingerprint density at radius 2 is 2.11 bits per heavy atom. The molecule has 0 aliphatic carbocycles. The Bertz CT molecular complexity index is 739. The largest absolute Gasteiger partial charge is 0.339 e. The van der Waals surface area contributed by atoms with Crippen LogP contribution in [0.5, 0.6) is 0 Å². The second-order valence-corrected chi connectivity index (χ2v) is 8.25. The Hall–Kier alpha value is -1.19. The van der Waals surface area contributed by atoms with Gasteiger partial charge in [-0.2, -0.15) is 0 Å². The van der Waals surface area contributed by atoms with Gasteiger partial charge in [-0.1, -0.05) is 6.07 Å². The number of halogens is 2. The van der Waals surface area contributed by atoms with Gasteiger partial charge in [-0.15, -0.1) is 47.5 Å². The minimum Gasteiger partial charge on any atom is -0.339 e. The zero-order valence-corrected chi connectivity index (χ0v) is 18.2. The molecular formula is C17H24Cl2N4O2S2. The van der Waals surface area contributed by atoms with Gasteiger partial charge in [-0.05, 0) is 37.3 Å². The van der Waals surface area contributed by atoms with Crippen molar-refractivity contribution in [2.75, 3.05) is 18.4 Å². The van der Waals surface area contributed by atoms with E-state index in [0.29, 0.717) is 29.7 Å². The van der Waals surface area contributed by atoms with Crippen LogP contribution < -0.4 is 11.1 Å². The molecule has 3 N–H and O–H groups in total. The second kappa shape index (κ2) is 11.0. The highest BCUT2D eigenvalue weighted by atomic mass is 35.5. The summed E-state index contributed by atoms with van der Waals surface area (Å²) in [4.78, 5) is 31.8. The molecule has 1 aliphatic rings. The van der Waals surface area contributed by atoms with E-state index in [-0.39, 0.29) is 49.1 Å². The van der Waals surface area contributed by atoms with Gasteiger partial charge in [-0.25, -0.2) is 4.98 Å². The smallest absolute Gasteiger partial charge is 0.231 e. The van der Waals surface area contributed by atoms with Crippen molar-refractivity contribution in [2.24, 2.45) is 11.7 Å². The first kappa shape index (κ1) is 23.8. The van der Waals surface area contributed by atoms with Gasteiger partial charge in [0.1, 0.15) is 0 Å². The average Bonchev–Trinajstić information content (AvgIpc) is 3.29. The average molecular weight is 451 g/mol. The fourth-order valence-electron chi connectivity index (χ4n) is 3.10. The number of likely N-dealkylation sites (tertiary alicyclic amines) is 1. The lowest BCUT2D eigenvalue weighted by Gasteiger charge is -2.21. The van der Waals surface area contributed by atoms with Crippen LogP contribution in [0.3, 0.4) is 0 Å². The minimum absolute atomic E-state index is 0. The Morgan fingerprint density at radius 3 is 2.74 bits per heavy atom. The van der Waals surface area contributed by atoms with E-state index >= 15 is 0 Å². The summed E-state index contributed by atoms with van der Waals surface area (Å²) in [5, 5.41) is 7.12. The van der Waals surface area contributed by atoms with Gasteiger partial charge in [0.05, 0.1) is 18.5 Å². The van der Waals surface area contributed by atoms with E-state index in [2.05, 4.69) is 17.2 Å². The molecule has 2 aromatic heterocycles. The van der Waals surface area contributed by atoms with Gasteiger partial charge in [0.15, 0.2) is 5.13 Å². The first-order valence-corrected chi connectivity index (χ1v) is 10.1. The van der Waals surface area contributed by atoms with Crippen molar-refractivity contribution in [2.45, 2.75) is 32.2 Å². The highest BCUT2D eigenvalue weighted by Gasteiger charge is 2.31. The molecule has 10 heteroatoms. The topological polar surface area (TPSA) is 88.3 Å². The number of carbonyl (C=O) groups excluding carboxylic acids is 2. The number of nitrogens with two attached hydrogens (primary N) is 1. The fourth-order valence-corrected chi connectivity index (χ4v) is 4.53. The number of anilines is 1. The van der Waals surface area contributed by atoms with Crippen LogP contribution in [0.25, 0.3) is 0 Å². The van der Waals surface area contributed by atoms with Crippen LogP contribution in [0.2, 0.25) is 0 Å². The van der Waals surface area contributed by atoms with Crippen LogP contribution in [-0.2, 0) is 22.4 Å². The first-order valence-electron chi connectivity index (χ1n) is 8.31. The molecule has 2 atom stereocenters. The predicted molar refractivity (Wildman–Crippen MR) is 115 cm³/mol. The number of nitrogens with one attached hydrogen (secondary N) is 1. The first-order chi connectivity index (χ1) is 12.0. The second-order valence-electron chi connectivity index (χ2n) is 6.36. The molecule has 1 saturated heterocycles. The lowest BCUT2D eigenvalue weighted by molar-refractivity contribution is -0.131. The zero-order chi connectivity index (χ0) is 17.8. The number of carbonyl (C=O) groups is 2.